The van der Waals surface area contributed by atoms with Crippen molar-refractivity contribution in [2.24, 2.45) is 0 Å². The summed E-state index contributed by atoms with van der Waals surface area (Å²) in [4.78, 5) is 21.5. The Labute approximate surface area is 106 Å². The van der Waals surface area contributed by atoms with Crippen molar-refractivity contribution in [3.63, 3.8) is 0 Å². The van der Waals surface area contributed by atoms with Crippen molar-refractivity contribution < 1.29 is 18.8 Å². The number of ether oxygens (including phenoxy) is 2. The van der Waals surface area contributed by atoms with E-state index in [2.05, 4.69) is 0 Å². The van der Waals surface area contributed by atoms with Gasteiger partial charge in [0, 0.05) is 24.1 Å². The van der Waals surface area contributed by atoms with Crippen LogP contribution in [-0.2, 0) is 6.42 Å². The largest absolute Gasteiger partial charge is 0.496 e. The van der Waals surface area contributed by atoms with E-state index in [9.17, 15) is 14.9 Å². The third kappa shape index (κ3) is 1.62. The smallest absolute Gasteiger partial charge is 0.415 e. The summed E-state index contributed by atoms with van der Waals surface area (Å²) in [5, 5.41) is 11.2. The monoisotopic (exact) mass is 263 g/mol. The fourth-order valence-electron chi connectivity index (χ4n) is 2.23. The summed E-state index contributed by atoms with van der Waals surface area (Å²) in [6, 6.07) is 2.74. The molecule has 0 spiro atoms. The van der Waals surface area contributed by atoms with Crippen LogP contribution >= 0.6 is 0 Å². The summed E-state index contributed by atoms with van der Waals surface area (Å²) < 4.78 is 15.6. The number of rotatable bonds is 2. The van der Waals surface area contributed by atoms with Crippen molar-refractivity contribution in [3.05, 3.63) is 38.2 Å². The molecule has 2 heterocycles. The van der Waals surface area contributed by atoms with Gasteiger partial charge >= 0.3 is 11.3 Å². The molecule has 0 bridgehead atoms. The lowest BCUT2D eigenvalue weighted by Gasteiger charge is -2.09. The Morgan fingerprint density at radius 1 is 1.42 bits per heavy atom. The highest BCUT2D eigenvalue weighted by atomic mass is 16.6. The van der Waals surface area contributed by atoms with E-state index in [1.54, 1.807) is 6.07 Å². The van der Waals surface area contributed by atoms with Crippen molar-refractivity contribution in [2.75, 3.05) is 13.7 Å². The van der Waals surface area contributed by atoms with E-state index < -0.39 is 16.2 Å². The maximum Gasteiger partial charge on any atom is 0.415 e. The zero-order valence-corrected chi connectivity index (χ0v) is 9.97. The fourth-order valence-corrected chi connectivity index (χ4v) is 2.23. The van der Waals surface area contributed by atoms with E-state index in [0.29, 0.717) is 29.9 Å². The minimum absolute atomic E-state index is 0.216. The number of nitro groups is 1. The molecule has 7 heteroatoms. The van der Waals surface area contributed by atoms with Crippen molar-refractivity contribution in [2.45, 2.75) is 6.42 Å². The van der Waals surface area contributed by atoms with Crippen LogP contribution in [0.4, 0.5) is 5.69 Å². The maximum absolute atomic E-state index is 11.5. The van der Waals surface area contributed by atoms with Gasteiger partial charge in [-0.25, -0.2) is 4.79 Å². The van der Waals surface area contributed by atoms with Crippen molar-refractivity contribution in [1.29, 1.82) is 0 Å². The number of hydrogen-bond donors (Lipinski definition) is 0. The Morgan fingerprint density at radius 2 is 2.21 bits per heavy atom. The zero-order valence-electron chi connectivity index (χ0n) is 9.97. The molecule has 1 aromatic heterocycles. The van der Waals surface area contributed by atoms with Crippen LogP contribution in [0.1, 0.15) is 5.56 Å². The molecule has 19 heavy (non-hydrogen) atoms. The number of methoxy groups -OCH3 is 1. The van der Waals surface area contributed by atoms with Gasteiger partial charge in [0.15, 0.2) is 0 Å². The molecular formula is C12H9NO6. The lowest BCUT2D eigenvalue weighted by molar-refractivity contribution is -0.387. The van der Waals surface area contributed by atoms with Crippen LogP contribution in [-0.4, -0.2) is 18.6 Å². The minimum Gasteiger partial charge on any atom is -0.496 e. The van der Waals surface area contributed by atoms with Crippen LogP contribution in [0.5, 0.6) is 11.5 Å². The second kappa shape index (κ2) is 3.98. The van der Waals surface area contributed by atoms with Gasteiger partial charge in [0.05, 0.1) is 24.0 Å². The van der Waals surface area contributed by atoms with Crippen LogP contribution < -0.4 is 15.1 Å². The molecule has 0 radical (unpaired) electrons. The van der Waals surface area contributed by atoms with Gasteiger partial charge in [0.1, 0.15) is 17.1 Å². The first-order valence-electron chi connectivity index (χ1n) is 5.56. The van der Waals surface area contributed by atoms with Crippen LogP contribution in [0.3, 0.4) is 0 Å². The molecule has 0 atom stereocenters. The van der Waals surface area contributed by atoms with Gasteiger partial charge in [-0.05, 0) is 0 Å². The molecule has 0 saturated heterocycles. The summed E-state index contributed by atoms with van der Waals surface area (Å²) >= 11 is 0. The Bertz CT molecular complexity index is 748. The highest BCUT2D eigenvalue weighted by Crippen LogP contribution is 2.40. The topological polar surface area (TPSA) is 91.8 Å². The number of nitrogens with zero attached hydrogens (tertiary/aromatic N) is 1. The van der Waals surface area contributed by atoms with Gasteiger partial charge < -0.3 is 13.9 Å². The fraction of sp³-hybridized carbons (Fsp3) is 0.250. The highest BCUT2D eigenvalue weighted by molar-refractivity contribution is 5.89. The van der Waals surface area contributed by atoms with Gasteiger partial charge in [-0.1, -0.05) is 0 Å². The molecule has 0 unspecified atom stereocenters. The molecule has 0 N–H and O–H groups in total. The third-order valence-electron chi connectivity index (χ3n) is 3.05. The first-order valence-corrected chi connectivity index (χ1v) is 5.56. The van der Waals surface area contributed by atoms with Gasteiger partial charge in [-0.15, -0.1) is 0 Å². The summed E-state index contributed by atoms with van der Waals surface area (Å²) in [5.74, 6) is 1.04. The zero-order chi connectivity index (χ0) is 13.6. The summed E-state index contributed by atoms with van der Waals surface area (Å²) in [6.07, 6.45) is 0.654. The van der Waals surface area contributed by atoms with E-state index in [1.807, 2.05) is 0 Å². The molecule has 98 valence electrons. The van der Waals surface area contributed by atoms with E-state index in [0.717, 1.165) is 5.56 Å². The van der Waals surface area contributed by atoms with Crippen LogP contribution in [0.25, 0.3) is 11.0 Å². The average Bonchev–Trinajstić information content (AvgIpc) is 2.82. The summed E-state index contributed by atoms with van der Waals surface area (Å²) in [5.41, 5.74) is -0.548. The number of benzene rings is 1. The van der Waals surface area contributed by atoms with E-state index in [4.69, 9.17) is 13.9 Å². The Morgan fingerprint density at radius 3 is 2.89 bits per heavy atom. The van der Waals surface area contributed by atoms with E-state index in [1.165, 1.54) is 13.2 Å². The lowest BCUT2D eigenvalue weighted by Crippen LogP contribution is -2.06. The predicted molar refractivity (Wildman–Crippen MR) is 64.9 cm³/mol. The minimum atomic E-state index is -0.988. The van der Waals surface area contributed by atoms with Crippen molar-refractivity contribution in [3.8, 4) is 11.5 Å². The Hall–Kier alpha value is -2.57. The molecule has 1 aliphatic rings. The lowest BCUT2D eigenvalue weighted by atomic mass is 10.1. The van der Waals surface area contributed by atoms with Crippen LogP contribution in [0, 0.1) is 10.1 Å². The van der Waals surface area contributed by atoms with Crippen LogP contribution in [0.2, 0.25) is 0 Å². The van der Waals surface area contributed by atoms with E-state index in [-0.39, 0.29) is 5.58 Å². The van der Waals surface area contributed by atoms with Gasteiger partial charge in [0.2, 0.25) is 0 Å². The van der Waals surface area contributed by atoms with Gasteiger partial charge in [-0.2, -0.15) is 0 Å². The first kappa shape index (κ1) is 11.5. The normalized spacial score (nSPS) is 13.1. The Balaban J connectivity index is 2.41. The van der Waals surface area contributed by atoms with Crippen molar-refractivity contribution in [1.82, 2.24) is 0 Å². The molecular weight excluding hydrogens is 254 g/mol. The van der Waals surface area contributed by atoms with Gasteiger partial charge in [-0.3, -0.25) is 10.1 Å². The summed E-state index contributed by atoms with van der Waals surface area (Å²) in [7, 11) is 1.46. The third-order valence-corrected chi connectivity index (χ3v) is 3.05. The Kier molecular flexibility index (Phi) is 2.41. The van der Waals surface area contributed by atoms with Gasteiger partial charge in [0.25, 0.3) is 0 Å². The second-order valence-electron chi connectivity index (χ2n) is 4.07. The number of fused-ring (bicyclic) bond motifs is 2. The summed E-state index contributed by atoms with van der Waals surface area (Å²) in [6.45, 7) is 0.508. The average molecular weight is 263 g/mol. The second-order valence-corrected chi connectivity index (χ2v) is 4.07. The molecule has 1 aliphatic heterocycles. The molecule has 0 aliphatic carbocycles. The van der Waals surface area contributed by atoms with Crippen LogP contribution in [0.15, 0.2) is 21.3 Å². The molecule has 7 nitrogen and oxygen atoms in total. The SMILES string of the molecule is COc1c2c(cc3oc(=O)c([N+](=O)[O-])cc13)OCC2. The standard InChI is InChI=1S/C12H9NO6/c1-17-11-6-2-3-18-9(6)5-10-7(11)4-8(13(15)16)12(14)19-10/h4-5H,2-3H2,1H3. The molecule has 3 rings (SSSR count). The molecule has 2 aromatic rings. The molecule has 0 saturated carbocycles. The molecule has 0 amide bonds. The predicted octanol–water partition coefficient (Wildman–Crippen LogP) is 1.64. The molecule has 1 aromatic carbocycles. The quantitative estimate of drug-likeness (QED) is 0.464. The molecule has 0 fully saturated rings. The highest BCUT2D eigenvalue weighted by Gasteiger charge is 2.24. The van der Waals surface area contributed by atoms with Crippen molar-refractivity contribution >= 4 is 16.7 Å². The maximum atomic E-state index is 11.5. The number of hydrogen-bond acceptors (Lipinski definition) is 6. The van der Waals surface area contributed by atoms with E-state index >= 15 is 0 Å². The first-order chi connectivity index (χ1) is 9.11.